The van der Waals surface area contributed by atoms with E-state index in [0.717, 1.165) is 16.5 Å². The fourth-order valence-electron chi connectivity index (χ4n) is 3.58. The van der Waals surface area contributed by atoms with Crippen molar-refractivity contribution in [3.8, 4) is 0 Å². The minimum Gasteiger partial charge on any atom is -0.480 e. The standard InChI is InChI=1S/C23H34N8O5S2/c24-14(5-3-7-27-23(25)26)19(32)30-17(10-37)21(34)29-16(20(33)31-18(11-38)22(35)36)8-12-9-28-15-6-2-1-4-13(12)15/h1-2,4,6,9,14,16-18,28,37-38H,3,5,7-8,10-11,24H2,(H,29,34)(H,30,32)(H,31,33)(H,35,36)(H4,25,26,27). The number of aliphatic imine (C=N–C) groups is 1. The smallest absolute Gasteiger partial charge is 0.327 e. The molecule has 3 amide bonds. The molecule has 4 unspecified atom stereocenters. The SMILES string of the molecule is NC(N)=NCCCC(N)C(=O)NC(CS)C(=O)NC(Cc1c[nH]c2ccccc12)C(=O)NC(CS)C(=O)O. The molecule has 0 aliphatic rings. The van der Waals surface area contributed by atoms with Crippen molar-refractivity contribution in [2.75, 3.05) is 18.1 Å². The number of aromatic nitrogens is 1. The summed E-state index contributed by atoms with van der Waals surface area (Å²) in [5.74, 6) is -3.53. The molecular formula is C23H34N8O5S2. The highest BCUT2D eigenvalue weighted by Gasteiger charge is 2.30. The van der Waals surface area contributed by atoms with Gasteiger partial charge in [0.1, 0.15) is 18.1 Å². The zero-order valence-electron chi connectivity index (χ0n) is 20.6. The first-order valence-electron chi connectivity index (χ1n) is 11.8. The number of amides is 3. The molecule has 0 bridgehead atoms. The van der Waals surface area contributed by atoms with Gasteiger partial charge in [-0.05, 0) is 24.5 Å². The number of rotatable bonds is 15. The van der Waals surface area contributed by atoms with E-state index in [2.05, 4.69) is 51.2 Å². The van der Waals surface area contributed by atoms with Crippen molar-refractivity contribution < 1.29 is 24.3 Å². The lowest BCUT2D eigenvalue weighted by atomic mass is 10.0. The van der Waals surface area contributed by atoms with E-state index in [0.29, 0.717) is 13.0 Å². The molecule has 2 aromatic rings. The number of fused-ring (bicyclic) bond motifs is 1. The van der Waals surface area contributed by atoms with Gasteiger partial charge in [0.25, 0.3) is 0 Å². The first kappa shape index (κ1) is 30.8. The maximum absolute atomic E-state index is 13.1. The molecule has 4 atom stereocenters. The monoisotopic (exact) mass is 566 g/mol. The fourth-order valence-corrected chi connectivity index (χ4v) is 4.09. The van der Waals surface area contributed by atoms with Crippen molar-refractivity contribution in [2.24, 2.45) is 22.2 Å². The number of carboxylic acid groups (broad SMARTS) is 1. The summed E-state index contributed by atoms with van der Waals surface area (Å²) in [6.07, 6.45) is 2.49. The predicted molar refractivity (Wildman–Crippen MR) is 151 cm³/mol. The molecule has 0 saturated carbocycles. The zero-order chi connectivity index (χ0) is 28.2. The molecule has 13 nitrogen and oxygen atoms in total. The second-order valence-electron chi connectivity index (χ2n) is 8.51. The summed E-state index contributed by atoms with van der Waals surface area (Å²) >= 11 is 8.13. The van der Waals surface area contributed by atoms with Gasteiger partial charge in [-0.15, -0.1) is 0 Å². The number of hydrogen-bond acceptors (Lipinski definition) is 8. The Hall–Kier alpha value is -3.43. The van der Waals surface area contributed by atoms with Gasteiger partial charge < -0.3 is 43.2 Å². The average Bonchev–Trinajstić information content (AvgIpc) is 3.29. The number of guanidine groups is 1. The lowest BCUT2D eigenvalue weighted by molar-refractivity contribution is -0.141. The van der Waals surface area contributed by atoms with Crippen LogP contribution in [0.15, 0.2) is 35.5 Å². The number of hydrogen-bond donors (Lipinski definition) is 10. The van der Waals surface area contributed by atoms with Crippen LogP contribution in [-0.2, 0) is 25.6 Å². The summed E-state index contributed by atoms with van der Waals surface area (Å²) in [7, 11) is 0. The van der Waals surface area contributed by atoms with E-state index in [-0.39, 0.29) is 30.3 Å². The predicted octanol–water partition coefficient (Wildman–Crippen LogP) is -1.51. The van der Waals surface area contributed by atoms with E-state index in [1.54, 1.807) is 6.20 Å². The Kier molecular flexibility index (Phi) is 12.2. The van der Waals surface area contributed by atoms with Crippen LogP contribution in [0.2, 0.25) is 0 Å². The fraction of sp³-hybridized carbons (Fsp3) is 0.435. The van der Waals surface area contributed by atoms with Gasteiger partial charge in [-0.25, -0.2) is 4.79 Å². The molecule has 0 spiro atoms. The van der Waals surface area contributed by atoms with E-state index < -0.39 is 47.9 Å². The van der Waals surface area contributed by atoms with E-state index >= 15 is 0 Å². The summed E-state index contributed by atoms with van der Waals surface area (Å²) in [6, 6.07) is 2.97. The van der Waals surface area contributed by atoms with Crippen LogP contribution in [0.5, 0.6) is 0 Å². The molecule has 1 heterocycles. The largest absolute Gasteiger partial charge is 0.480 e. The molecule has 38 heavy (non-hydrogen) atoms. The second kappa shape index (κ2) is 15.1. The molecule has 15 heteroatoms. The number of nitrogens with two attached hydrogens (primary N) is 3. The van der Waals surface area contributed by atoms with Crippen LogP contribution in [0.25, 0.3) is 10.9 Å². The van der Waals surface area contributed by atoms with Gasteiger partial charge in [-0.2, -0.15) is 25.3 Å². The first-order valence-corrected chi connectivity index (χ1v) is 13.0. The van der Waals surface area contributed by atoms with Crippen LogP contribution in [0.1, 0.15) is 18.4 Å². The van der Waals surface area contributed by atoms with Gasteiger partial charge in [-0.3, -0.25) is 19.4 Å². The third-order valence-electron chi connectivity index (χ3n) is 5.65. The Morgan fingerprint density at radius 3 is 2.18 bits per heavy atom. The van der Waals surface area contributed by atoms with Crippen molar-refractivity contribution >= 4 is 65.8 Å². The second-order valence-corrected chi connectivity index (χ2v) is 9.24. The van der Waals surface area contributed by atoms with Gasteiger partial charge in [0, 0.05) is 41.6 Å². The van der Waals surface area contributed by atoms with Gasteiger partial charge in [0.15, 0.2) is 5.96 Å². The van der Waals surface area contributed by atoms with E-state index in [1.807, 2.05) is 24.3 Å². The number of carbonyl (C=O) groups excluding carboxylic acids is 3. The van der Waals surface area contributed by atoms with Crippen LogP contribution in [0, 0.1) is 0 Å². The molecule has 208 valence electrons. The molecular weight excluding hydrogens is 532 g/mol. The Morgan fingerprint density at radius 1 is 0.947 bits per heavy atom. The van der Waals surface area contributed by atoms with Crippen molar-refractivity contribution in [1.82, 2.24) is 20.9 Å². The lowest BCUT2D eigenvalue weighted by Gasteiger charge is -2.24. The third kappa shape index (κ3) is 9.15. The molecule has 0 radical (unpaired) electrons. The Bertz CT molecular complexity index is 1150. The van der Waals surface area contributed by atoms with Crippen molar-refractivity contribution in [1.29, 1.82) is 0 Å². The molecule has 0 saturated heterocycles. The summed E-state index contributed by atoms with van der Waals surface area (Å²) in [4.78, 5) is 57.0. The number of nitrogens with one attached hydrogen (secondary N) is 4. The molecule has 0 aliphatic heterocycles. The highest BCUT2D eigenvalue weighted by molar-refractivity contribution is 7.80. The Morgan fingerprint density at radius 2 is 1.55 bits per heavy atom. The summed E-state index contributed by atoms with van der Waals surface area (Å²) in [6.45, 7) is 0.300. The summed E-state index contributed by atoms with van der Waals surface area (Å²) < 4.78 is 0. The minimum atomic E-state index is -1.26. The van der Waals surface area contributed by atoms with E-state index in [4.69, 9.17) is 17.2 Å². The maximum Gasteiger partial charge on any atom is 0.327 e. The highest BCUT2D eigenvalue weighted by atomic mass is 32.1. The number of aliphatic carboxylic acids is 1. The Balaban J connectivity index is 2.14. The van der Waals surface area contributed by atoms with Crippen LogP contribution >= 0.6 is 25.3 Å². The zero-order valence-corrected chi connectivity index (χ0v) is 22.4. The summed E-state index contributed by atoms with van der Waals surface area (Å²) in [5, 5.41) is 17.7. The van der Waals surface area contributed by atoms with Crippen molar-refractivity contribution in [3.63, 3.8) is 0 Å². The number of para-hydroxylation sites is 1. The van der Waals surface area contributed by atoms with E-state index in [1.165, 1.54) is 0 Å². The van der Waals surface area contributed by atoms with Crippen LogP contribution in [0.4, 0.5) is 0 Å². The summed E-state index contributed by atoms with van der Waals surface area (Å²) in [5.41, 5.74) is 18.0. The van der Waals surface area contributed by atoms with Crippen molar-refractivity contribution in [2.45, 2.75) is 43.4 Å². The van der Waals surface area contributed by atoms with Gasteiger partial charge in [0.2, 0.25) is 17.7 Å². The molecule has 1 aromatic carbocycles. The maximum atomic E-state index is 13.1. The first-order chi connectivity index (χ1) is 18.1. The quantitative estimate of drug-likeness (QED) is 0.0526. The molecule has 2 rings (SSSR count). The number of nitrogens with zero attached hydrogens (tertiary/aromatic N) is 1. The van der Waals surface area contributed by atoms with Gasteiger partial charge in [0.05, 0.1) is 6.04 Å². The van der Waals surface area contributed by atoms with Gasteiger partial charge >= 0.3 is 5.97 Å². The topological polar surface area (TPSA) is 231 Å². The van der Waals surface area contributed by atoms with Crippen LogP contribution in [0.3, 0.4) is 0 Å². The van der Waals surface area contributed by atoms with Gasteiger partial charge in [-0.1, -0.05) is 18.2 Å². The number of carboxylic acids is 1. The van der Waals surface area contributed by atoms with E-state index in [9.17, 15) is 24.3 Å². The molecule has 0 aliphatic carbocycles. The highest BCUT2D eigenvalue weighted by Crippen LogP contribution is 2.19. The number of thiol groups is 2. The molecule has 11 N–H and O–H groups in total. The lowest BCUT2D eigenvalue weighted by Crippen LogP contribution is -2.58. The number of carbonyl (C=O) groups is 4. The van der Waals surface area contributed by atoms with Crippen LogP contribution < -0.4 is 33.2 Å². The number of aromatic amines is 1. The Labute approximate surface area is 230 Å². The van der Waals surface area contributed by atoms with Crippen molar-refractivity contribution in [3.05, 3.63) is 36.0 Å². The molecule has 0 fully saturated rings. The average molecular weight is 567 g/mol. The minimum absolute atomic E-state index is 0.0536. The van der Waals surface area contributed by atoms with Crippen LogP contribution in [-0.4, -0.2) is 82.0 Å². The number of H-pyrrole nitrogens is 1. The number of benzene rings is 1. The molecule has 1 aromatic heterocycles. The third-order valence-corrected chi connectivity index (χ3v) is 6.38. The normalized spacial score (nSPS) is 14.1.